The monoisotopic (exact) mass is 394 g/mol. The molecule has 3 aromatic heterocycles. The van der Waals surface area contributed by atoms with Crippen molar-refractivity contribution < 1.29 is 9.66 Å². The van der Waals surface area contributed by atoms with Crippen molar-refractivity contribution in [3.05, 3.63) is 46.8 Å². The summed E-state index contributed by atoms with van der Waals surface area (Å²) in [7, 11) is 0. The molecule has 0 bridgehead atoms. The lowest BCUT2D eigenvalue weighted by atomic mass is 10.2. The van der Waals surface area contributed by atoms with E-state index in [4.69, 9.17) is 14.7 Å². The molecule has 0 atom stereocenters. The predicted octanol–water partition coefficient (Wildman–Crippen LogP) is 3.05. The Bertz CT molecular complexity index is 1200. The minimum Gasteiger partial charge on any atom is -0.378 e. The zero-order chi connectivity index (χ0) is 19.1. The Morgan fingerprint density at radius 2 is 1.93 bits per heavy atom. The van der Waals surface area contributed by atoms with Gasteiger partial charge in [0.1, 0.15) is 15.9 Å². The zero-order valence-electron chi connectivity index (χ0n) is 14.6. The van der Waals surface area contributed by atoms with Gasteiger partial charge in [0.2, 0.25) is 0 Å². The number of benzene rings is 1. The third kappa shape index (κ3) is 2.83. The summed E-state index contributed by atoms with van der Waals surface area (Å²) in [5.41, 5.74) is 2.02. The third-order valence-electron chi connectivity index (χ3n) is 4.56. The van der Waals surface area contributed by atoms with E-state index in [0.29, 0.717) is 35.6 Å². The van der Waals surface area contributed by atoms with Gasteiger partial charge in [-0.2, -0.15) is 0 Å². The maximum atomic E-state index is 11.2. The molecule has 1 aliphatic rings. The molecule has 1 saturated heterocycles. The molecule has 0 saturated carbocycles. The van der Waals surface area contributed by atoms with E-state index in [9.17, 15) is 10.1 Å². The molecule has 1 aliphatic heterocycles. The van der Waals surface area contributed by atoms with Crippen molar-refractivity contribution in [2.75, 3.05) is 31.2 Å². The number of nitro groups is 1. The SMILES string of the molecule is O=[N+]([O-])c1cccc(-c2nc(N3CCOCC3)c3sc4nccnc4c3n2)c1. The Balaban J connectivity index is 1.76. The summed E-state index contributed by atoms with van der Waals surface area (Å²) in [6.07, 6.45) is 3.29. The number of hydrogen-bond acceptors (Lipinski definition) is 9. The molecule has 1 fully saturated rings. The molecular formula is C18H14N6O3S. The van der Waals surface area contributed by atoms with E-state index in [-0.39, 0.29) is 5.69 Å². The van der Waals surface area contributed by atoms with Crippen LogP contribution in [0.2, 0.25) is 0 Å². The Kier molecular flexibility index (Phi) is 4.06. The number of ether oxygens (including phenoxy) is 1. The first-order valence-electron chi connectivity index (χ1n) is 8.69. The highest BCUT2D eigenvalue weighted by Gasteiger charge is 2.22. The molecule has 28 heavy (non-hydrogen) atoms. The topological polar surface area (TPSA) is 107 Å². The highest BCUT2D eigenvalue weighted by Crippen LogP contribution is 2.37. The van der Waals surface area contributed by atoms with Gasteiger partial charge in [-0.15, -0.1) is 11.3 Å². The number of aromatic nitrogens is 4. The number of nitrogens with zero attached hydrogens (tertiary/aromatic N) is 6. The van der Waals surface area contributed by atoms with Crippen LogP contribution >= 0.6 is 11.3 Å². The van der Waals surface area contributed by atoms with Crippen molar-refractivity contribution in [3.8, 4) is 11.4 Å². The zero-order valence-corrected chi connectivity index (χ0v) is 15.4. The number of anilines is 1. The van der Waals surface area contributed by atoms with E-state index < -0.39 is 4.92 Å². The van der Waals surface area contributed by atoms with Crippen LogP contribution in [0.15, 0.2) is 36.7 Å². The largest absolute Gasteiger partial charge is 0.378 e. The maximum absolute atomic E-state index is 11.2. The van der Waals surface area contributed by atoms with E-state index >= 15 is 0 Å². The van der Waals surface area contributed by atoms with Crippen molar-refractivity contribution in [1.82, 2.24) is 19.9 Å². The summed E-state index contributed by atoms with van der Waals surface area (Å²) < 4.78 is 6.38. The molecule has 0 spiro atoms. The number of non-ortho nitro benzene ring substituents is 1. The van der Waals surface area contributed by atoms with Gasteiger partial charge >= 0.3 is 0 Å². The predicted molar refractivity (Wildman–Crippen MR) is 106 cm³/mol. The molecule has 5 rings (SSSR count). The summed E-state index contributed by atoms with van der Waals surface area (Å²) in [6, 6.07) is 6.36. The quantitative estimate of drug-likeness (QED) is 0.385. The van der Waals surface area contributed by atoms with E-state index in [2.05, 4.69) is 14.9 Å². The van der Waals surface area contributed by atoms with Gasteiger partial charge in [0, 0.05) is 43.2 Å². The average Bonchev–Trinajstić information content (AvgIpc) is 3.12. The first-order valence-corrected chi connectivity index (χ1v) is 9.51. The van der Waals surface area contributed by atoms with Gasteiger partial charge < -0.3 is 9.64 Å². The number of hydrogen-bond donors (Lipinski definition) is 0. The minimum atomic E-state index is -0.420. The fourth-order valence-corrected chi connectivity index (χ4v) is 4.29. The fourth-order valence-electron chi connectivity index (χ4n) is 3.23. The molecule has 0 radical (unpaired) electrons. The summed E-state index contributed by atoms with van der Waals surface area (Å²) in [5, 5.41) is 11.2. The second-order valence-electron chi connectivity index (χ2n) is 6.27. The molecule has 4 aromatic rings. The molecule has 9 nitrogen and oxygen atoms in total. The van der Waals surface area contributed by atoms with Crippen LogP contribution in [-0.2, 0) is 4.74 Å². The normalized spacial score (nSPS) is 14.6. The summed E-state index contributed by atoms with van der Waals surface area (Å²) >= 11 is 1.50. The molecule has 140 valence electrons. The van der Waals surface area contributed by atoms with Crippen LogP contribution in [-0.4, -0.2) is 51.2 Å². The highest BCUT2D eigenvalue weighted by molar-refractivity contribution is 7.25. The Morgan fingerprint density at radius 3 is 2.75 bits per heavy atom. The molecular weight excluding hydrogens is 380 g/mol. The van der Waals surface area contributed by atoms with Crippen molar-refractivity contribution in [2.24, 2.45) is 0 Å². The van der Waals surface area contributed by atoms with E-state index in [1.807, 2.05) is 0 Å². The van der Waals surface area contributed by atoms with Gasteiger partial charge in [-0.3, -0.25) is 10.1 Å². The Hall–Kier alpha value is -3.24. The number of morpholine rings is 1. The number of rotatable bonds is 3. The lowest BCUT2D eigenvalue weighted by Crippen LogP contribution is -2.36. The molecule has 0 aliphatic carbocycles. The lowest BCUT2D eigenvalue weighted by molar-refractivity contribution is -0.384. The Labute approximate surface area is 162 Å². The van der Waals surface area contributed by atoms with Crippen molar-refractivity contribution in [3.63, 3.8) is 0 Å². The van der Waals surface area contributed by atoms with Gasteiger partial charge in [0.15, 0.2) is 11.6 Å². The average molecular weight is 394 g/mol. The van der Waals surface area contributed by atoms with Gasteiger partial charge in [-0.25, -0.2) is 19.9 Å². The van der Waals surface area contributed by atoms with Crippen LogP contribution in [0.3, 0.4) is 0 Å². The summed E-state index contributed by atoms with van der Waals surface area (Å²) in [5.74, 6) is 1.22. The second kappa shape index (κ2) is 6.73. The molecule has 1 aromatic carbocycles. The first-order chi connectivity index (χ1) is 13.7. The van der Waals surface area contributed by atoms with Gasteiger partial charge in [0.05, 0.1) is 22.8 Å². The summed E-state index contributed by atoms with van der Waals surface area (Å²) in [6.45, 7) is 2.68. The van der Waals surface area contributed by atoms with Crippen LogP contribution in [0.1, 0.15) is 0 Å². The number of nitro benzene ring substituents is 1. The van der Waals surface area contributed by atoms with E-state index in [0.717, 1.165) is 28.4 Å². The maximum Gasteiger partial charge on any atom is 0.270 e. The lowest BCUT2D eigenvalue weighted by Gasteiger charge is -2.28. The molecule has 0 N–H and O–H groups in total. The van der Waals surface area contributed by atoms with Crippen molar-refractivity contribution in [2.45, 2.75) is 0 Å². The molecule has 0 unspecified atom stereocenters. The third-order valence-corrected chi connectivity index (χ3v) is 5.63. The van der Waals surface area contributed by atoms with Crippen molar-refractivity contribution in [1.29, 1.82) is 0 Å². The van der Waals surface area contributed by atoms with Crippen LogP contribution in [0.5, 0.6) is 0 Å². The fraction of sp³-hybridized carbons (Fsp3) is 0.222. The van der Waals surface area contributed by atoms with Crippen molar-refractivity contribution >= 4 is 43.4 Å². The van der Waals surface area contributed by atoms with Gasteiger partial charge in [-0.05, 0) is 0 Å². The number of thiophene rings is 1. The first kappa shape index (κ1) is 16.9. The summed E-state index contributed by atoms with van der Waals surface area (Å²) in [4.78, 5) is 32.0. The van der Waals surface area contributed by atoms with Crippen LogP contribution in [0.4, 0.5) is 11.5 Å². The second-order valence-corrected chi connectivity index (χ2v) is 7.27. The number of fused-ring (bicyclic) bond motifs is 3. The van der Waals surface area contributed by atoms with Gasteiger partial charge in [-0.1, -0.05) is 12.1 Å². The molecule has 0 amide bonds. The van der Waals surface area contributed by atoms with Crippen LogP contribution in [0.25, 0.3) is 32.0 Å². The van der Waals surface area contributed by atoms with E-state index in [1.165, 1.54) is 23.5 Å². The minimum absolute atomic E-state index is 0.00378. The van der Waals surface area contributed by atoms with Crippen LogP contribution < -0.4 is 4.90 Å². The molecule has 4 heterocycles. The highest BCUT2D eigenvalue weighted by atomic mass is 32.1. The van der Waals surface area contributed by atoms with Crippen LogP contribution in [0, 0.1) is 10.1 Å². The molecule has 10 heteroatoms. The van der Waals surface area contributed by atoms with E-state index in [1.54, 1.807) is 24.5 Å². The van der Waals surface area contributed by atoms with Gasteiger partial charge in [0.25, 0.3) is 5.69 Å². The standard InChI is InChI=1S/C18H14N6O3S/c25-24(26)12-3-1-2-11(10-12)16-21-13-14-18(20-5-4-19-14)28-15(13)17(22-16)23-6-8-27-9-7-23/h1-5,10H,6-9H2. The Morgan fingerprint density at radius 1 is 1.11 bits per heavy atom. The smallest absolute Gasteiger partial charge is 0.270 e.